The van der Waals surface area contributed by atoms with Crippen LogP contribution in [0.2, 0.25) is 0 Å². The number of nitrogens with one attached hydrogen (secondary N) is 1. The molecule has 5 nitrogen and oxygen atoms in total. The number of carbonyl (C=O) groups is 1. The van der Waals surface area contributed by atoms with Gasteiger partial charge in [0.2, 0.25) is 17.6 Å². The van der Waals surface area contributed by atoms with Crippen LogP contribution in [-0.4, -0.2) is 21.6 Å². The number of rotatable bonds is 6. The molecule has 0 fully saturated rings. The van der Waals surface area contributed by atoms with Crippen molar-refractivity contribution in [1.82, 2.24) is 15.5 Å². The highest BCUT2D eigenvalue weighted by atomic mass is 32.1. The van der Waals surface area contributed by atoms with Crippen molar-refractivity contribution in [2.45, 2.75) is 59.4 Å². The molecule has 23 heavy (non-hydrogen) atoms. The quantitative estimate of drug-likeness (QED) is 0.864. The number of carbonyl (C=O) groups excluding carboxylic acids is 1. The third-order valence-corrected chi connectivity index (χ3v) is 4.09. The van der Waals surface area contributed by atoms with Crippen molar-refractivity contribution in [3.63, 3.8) is 0 Å². The number of hydrogen-bond acceptors (Lipinski definition) is 5. The lowest BCUT2D eigenvalue weighted by Gasteiger charge is -2.33. The van der Waals surface area contributed by atoms with Crippen LogP contribution in [0.1, 0.15) is 53.4 Å². The van der Waals surface area contributed by atoms with E-state index in [1.807, 2.05) is 17.5 Å². The zero-order chi connectivity index (χ0) is 17.1. The third-order valence-electron chi connectivity index (χ3n) is 3.23. The molecule has 0 aliphatic rings. The Labute approximate surface area is 141 Å². The summed E-state index contributed by atoms with van der Waals surface area (Å²) in [6, 6.07) is 3.89. The Hall–Kier alpha value is -1.69. The molecular formula is C17H25N3O2S. The van der Waals surface area contributed by atoms with Gasteiger partial charge < -0.3 is 9.84 Å². The summed E-state index contributed by atoms with van der Waals surface area (Å²) in [6.45, 7) is 10.6. The SMILES string of the molecule is CC(C)(C)CC(C)(C)NC(=O)CCc1nc(-c2cccs2)no1. The first kappa shape index (κ1) is 17.7. The van der Waals surface area contributed by atoms with Gasteiger partial charge in [-0.1, -0.05) is 32.0 Å². The minimum absolute atomic E-state index is 0.00937. The van der Waals surface area contributed by atoms with Crippen LogP contribution in [0, 0.1) is 5.41 Å². The fourth-order valence-corrected chi connectivity index (χ4v) is 3.54. The summed E-state index contributed by atoms with van der Waals surface area (Å²) >= 11 is 1.56. The van der Waals surface area contributed by atoms with E-state index in [0.29, 0.717) is 24.6 Å². The molecule has 1 N–H and O–H groups in total. The number of nitrogens with zero attached hydrogens (tertiary/aromatic N) is 2. The Morgan fingerprint density at radius 1 is 1.30 bits per heavy atom. The van der Waals surface area contributed by atoms with Crippen LogP contribution < -0.4 is 5.32 Å². The summed E-state index contributed by atoms with van der Waals surface area (Å²) in [7, 11) is 0. The first-order valence-corrected chi connectivity index (χ1v) is 8.70. The number of amides is 1. The monoisotopic (exact) mass is 335 g/mol. The minimum atomic E-state index is -0.230. The zero-order valence-electron chi connectivity index (χ0n) is 14.5. The van der Waals surface area contributed by atoms with Gasteiger partial charge in [-0.05, 0) is 37.1 Å². The molecule has 0 unspecified atom stereocenters. The molecule has 2 aromatic rings. The van der Waals surface area contributed by atoms with E-state index in [1.165, 1.54) is 0 Å². The second kappa shape index (κ2) is 6.83. The molecule has 0 aromatic carbocycles. The first-order chi connectivity index (χ1) is 10.6. The maximum atomic E-state index is 12.2. The summed E-state index contributed by atoms with van der Waals surface area (Å²) in [5, 5.41) is 9.01. The summed E-state index contributed by atoms with van der Waals surface area (Å²) in [5.74, 6) is 1.09. The minimum Gasteiger partial charge on any atom is -0.351 e. The number of hydrogen-bond donors (Lipinski definition) is 1. The third kappa shape index (κ3) is 5.78. The summed E-state index contributed by atoms with van der Waals surface area (Å²) in [5.41, 5.74) is -0.0643. The number of aryl methyl sites for hydroxylation is 1. The number of thiophene rings is 1. The van der Waals surface area contributed by atoms with Crippen molar-refractivity contribution in [3.05, 3.63) is 23.4 Å². The van der Waals surface area contributed by atoms with E-state index in [1.54, 1.807) is 11.3 Å². The normalized spacial score (nSPS) is 12.4. The highest BCUT2D eigenvalue weighted by Gasteiger charge is 2.27. The van der Waals surface area contributed by atoms with Gasteiger partial charge in [0.15, 0.2) is 0 Å². The fraction of sp³-hybridized carbons (Fsp3) is 0.588. The van der Waals surface area contributed by atoms with Crippen LogP contribution in [0.25, 0.3) is 10.7 Å². The van der Waals surface area contributed by atoms with Gasteiger partial charge in [0.25, 0.3) is 0 Å². The lowest BCUT2D eigenvalue weighted by Crippen LogP contribution is -2.45. The fourth-order valence-electron chi connectivity index (χ4n) is 2.89. The molecule has 2 aromatic heterocycles. The van der Waals surface area contributed by atoms with Crippen molar-refractivity contribution in [2.24, 2.45) is 5.41 Å². The molecule has 1 amide bonds. The van der Waals surface area contributed by atoms with Crippen LogP contribution in [0.5, 0.6) is 0 Å². The Kier molecular flexibility index (Phi) is 5.24. The van der Waals surface area contributed by atoms with Crippen LogP contribution in [0.15, 0.2) is 22.0 Å². The van der Waals surface area contributed by atoms with E-state index in [4.69, 9.17) is 4.52 Å². The van der Waals surface area contributed by atoms with E-state index in [9.17, 15) is 4.79 Å². The Morgan fingerprint density at radius 2 is 2.04 bits per heavy atom. The van der Waals surface area contributed by atoms with Crippen molar-refractivity contribution in [1.29, 1.82) is 0 Å². The predicted octanol–water partition coefficient (Wildman–Crippen LogP) is 4.06. The van der Waals surface area contributed by atoms with Crippen LogP contribution in [0.3, 0.4) is 0 Å². The molecule has 0 bridgehead atoms. The van der Waals surface area contributed by atoms with E-state index in [-0.39, 0.29) is 16.9 Å². The molecule has 0 aliphatic heterocycles. The maximum Gasteiger partial charge on any atom is 0.227 e. The zero-order valence-corrected chi connectivity index (χ0v) is 15.3. The van der Waals surface area contributed by atoms with E-state index >= 15 is 0 Å². The molecule has 6 heteroatoms. The van der Waals surface area contributed by atoms with E-state index < -0.39 is 0 Å². The molecule has 0 saturated carbocycles. The topological polar surface area (TPSA) is 68.0 Å². The Balaban J connectivity index is 1.85. The van der Waals surface area contributed by atoms with E-state index in [0.717, 1.165) is 11.3 Å². The Bertz CT molecular complexity index is 639. The molecule has 2 rings (SSSR count). The average molecular weight is 335 g/mol. The average Bonchev–Trinajstić information content (AvgIpc) is 3.03. The standard InChI is InChI=1S/C17H25N3O2S/c1-16(2,3)11-17(4,5)19-13(21)8-9-14-18-15(20-22-14)12-7-6-10-23-12/h6-7,10H,8-9,11H2,1-5H3,(H,19,21). The second-order valence-corrected chi connectivity index (χ2v) is 8.61. The Morgan fingerprint density at radius 3 is 2.65 bits per heavy atom. The molecular weight excluding hydrogens is 310 g/mol. The van der Waals surface area contributed by atoms with E-state index in [2.05, 4.69) is 50.1 Å². The smallest absolute Gasteiger partial charge is 0.227 e. The van der Waals surface area contributed by atoms with Gasteiger partial charge in [-0.3, -0.25) is 4.79 Å². The van der Waals surface area contributed by atoms with Gasteiger partial charge in [-0.15, -0.1) is 11.3 Å². The molecule has 126 valence electrons. The summed E-state index contributed by atoms with van der Waals surface area (Å²) < 4.78 is 5.22. The molecule has 0 aliphatic carbocycles. The van der Waals surface area contributed by atoms with Crippen LogP contribution >= 0.6 is 11.3 Å². The van der Waals surface area contributed by atoms with Crippen molar-refractivity contribution in [3.8, 4) is 10.7 Å². The molecule has 0 atom stereocenters. The van der Waals surface area contributed by atoms with Crippen molar-refractivity contribution in [2.75, 3.05) is 0 Å². The highest BCUT2D eigenvalue weighted by molar-refractivity contribution is 7.13. The first-order valence-electron chi connectivity index (χ1n) is 7.82. The molecule has 0 radical (unpaired) electrons. The van der Waals surface area contributed by atoms with Gasteiger partial charge in [-0.25, -0.2) is 0 Å². The molecule has 2 heterocycles. The lowest BCUT2D eigenvalue weighted by molar-refractivity contribution is -0.123. The molecule has 0 spiro atoms. The highest BCUT2D eigenvalue weighted by Crippen LogP contribution is 2.27. The van der Waals surface area contributed by atoms with Gasteiger partial charge in [0.05, 0.1) is 4.88 Å². The largest absolute Gasteiger partial charge is 0.351 e. The summed E-state index contributed by atoms with van der Waals surface area (Å²) in [6.07, 6.45) is 1.71. The van der Waals surface area contributed by atoms with Gasteiger partial charge in [-0.2, -0.15) is 4.98 Å². The van der Waals surface area contributed by atoms with Gasteiger partial charge in [0.1, 0.15) is 0 Å². The maximum absolute atomic E-state index is 12.2. The second-order valence-electron chi connectivity index (χ2n) is 7.66. The van der Waals surface area contributed by atoms with Crippen molar-refractivity contribution < 1.29 is 9.32 Å². The lowest BCUT2D eigenvalue weighted by atomic mass is 9.82. The van der Waals surface area contributed by atoms with Crippen molar-refractivity contribution >= 4 is 17.2 Å². The number of aromatic nitrogens is 2. The van der Waals surface area contributed by atoms with Crippen LogP contribution in [-0.2, 0) is 11.2 Å². The van der Waals surface area contributed by atoms with Crippen LogP contribution in [0.4, 0.5) is 0 Å². The predicted molar refractivity (Wildman–Crippen MR) is 92.2 cm³/mol. The summed E-state index contributed by atoms with van der Waals surface area (Å²) in [4.78, 5) is 17.5. The van der Waals surface area contributed by atoms with Gasteiger partial charge in [0, 0.05) is 18.4 Å². The molecule has 0 saturated heterocycles. The van der Waals surface area contributed by atoms with Gasteiger partial charge >= 0.3 is 0 Å².